The Morgan fingerprint density at radius 2 is 1.72 bits per heavy atom. The second-order valence-corrected chi connectivity index (χ2v) is 10.3. The quantitative estimate of drug-likeness (QED) is 0.251. The summed E-state index contributed by atoms with van der Waals surface area (Å²) < 4.78 is 11.6. The fourth-order valence-electron chi connectivity index (χ4n) is 5.09. The van der Waals surface area contributed by atoms with Crippen molar-refractivity contribution in [3.8, 4) is 5.75 Å². The second-order valence-electron chi connectivity index (χ2n) is 9.84. The number of carbonyl (C=O) groups excluding carboxylic acids is 1. The van der Waals surface area contributed by atoms with Gasteiger partial charge in [-0.05, 0) is 77.1 Å². The largest absolute Gasteiger partial charge is 0.489 e. The molecule has 200 valence electrons. The lowest BCUT2D eigenvalue weighted by molar-refractivity contribution is -0.136. The number of carbonyl (C=O) groups is 2. The Morgan fingerprint density at radius 1 is 0.923 bits per heavy atom. The van der Waals surface area contributed by atoms with E-state index in [4.69, 9.17) is 21.1 Å². The molecule has 4 aromatic carbocycles. The van der Waals surface area contributed by atoms with E-state index < -0.39 is 11.5 Å². The maximum atomic E-state index is 13.9. The lowest BCUT2D eigenvalue weighted by Crippen LogP contribution is -2.49. The van der Waals surface area contributed by atoms with Gasteiger partial charge < -0.3 is 19.9 Å². The van der Waals surface area contributed by atoms with E-state index in [1.54, 1.807) is 18.2 Å². The normalized spacial score (nSPS) is 14.6. The van der Waals surface area contributed by atoms with Crippen molar-refractivity contribution in [1.82, 2.24) is 5.32 Å². The number of aliphatic carboxylic acids is 1. The van der Waals surface area contributed by atoms with Gasteiger partial charge in [-0.1, -0.05) is 66.2 Å². The zero-order valence-electron chi connectivity index (χ0n) is 21.5. The minimum Gasteiger partial charge on any atom is -0.489 e. The predicted octanol–water partition coefficient (Wildman–Crippen LogP) is 6.53. The van der Waals surface area contributed by atoms with Crippen molar-refractivity contribution in [1.29, 1.82) is 0 Å². The topological polar surface area (TPSA) is 84.9 Å². The zero-order valence-corrected chi connectivity index (χ0v) is 22.2. The Bertz CT molecular complexity index is 1500. The molecule has 6 nitrogen and oxygen atoms in total. The molecule has 2 N–H and O–H groups in total. The highest BCUT2D eigenvalue weighted by molar-refractivity contribution is 6.30. The Kier molecular flexibility index (Phi) is 8.15. The summed E-state index contributed by atoms with van der Waals surface area (Å²) in [5, 5.41) is 15.4. The molecule has 0 atom stereocenters. The molecule has 4 aromatic rings. The molecule has 0 saturated carbocycles. The first-order valence-corrected chi connectivity index (χ1v) is 13.4. The minimum absolute atomic E-state index is 0.0672. The molecular weight excluding hydrogens is 514 g/mol. The number of carboxylic acids is 1. The molecular formula is C32H30ClNO5. The third-order valence-corrected chi connectivity index (χ3v) is 7.47. The number of hydrogen-bond acceptors (Lipinski definition) is 4. The Labute approximate surface area is 232 Å². The highest BCUT2D eigenvalue weighted by Gasteiger charge is 2.36. The summed E-state index contributed by atoms with van der Waals surface area (Å²) >= 11 is 6.07. The van der Waals surface area contributed by atoms with Crippen LogP contribution in [0.5, 0.6) is 5.75 Å². The van der Waals surface area contributed by atoms with Gasteiger partial charge in [0.1, 0.15) is 12.4 Å². The highest BCUT2D eigenvalue weighted by Crippen LogP contribution is 2.35. The van der Waals surface area contributed by atoms with Crippen molar-refractivity contribution in [3.63, 3.8) is 0 Å². The van der Waals surface area contributed by atoms with Gasteiger partial charge in [-0.3, -0.25) is 9.59 Å². The number of ether oxygens (including phenoxy) is 2. The number of rotatable bonds is 9. The number of nitrogens with one attached hydrogen (secondary N) is 1. The van der Waals surface area contributed by atoms with Crippen LogP contribution >= 0.6 is 11.6 Å². The molecule has 5 rings (SSSR count). The number of benzene rings is 4. The summed E-state index contributed by atoms with van der Waals surface area (Å²) in [7, 11) is 0. The summed E-state index contributed by atoms with van der Waals surface area (Å²) in [5.74, 6) is -0.525. The van der Waals surface area contributed by atoms with E-state index in [2.05, 4.69) is 35.6 Å². The number of halogens is 1. The van der Waals surface area contributed by atoms with Crippen LogP contribution in [0.25, 0.3) is 10.8 Å². The van der Waals surface area contributed by atoms with E-state index in [1.165, 1.54) is 0 Å². The molecule has 1 fully saturated rings. The van der Waals surface area contributed by atoms with Crippen LogP contribution in [0.2, 0.25) is 5.02 Å². The van der Waals surface area contributed by atoms with Crippen molar-refractivity contribution in [2.45, 2.75) is 37.8 Å². The van der Waals surface area contributed by atoms with Crippen LogP contribution in [0.1, 0.15) is 46.3 Å². The summed E-state index contributed by atoms with van der Waals surface area (Å²) in [6.07, 6.45) is 1.46. The first kappa shape index (κ1) is 26.7. The Morgan fingerprint density at radius 3 is 2.49 bits per heavy atom. The van der Waals surface area contributed by atoms with Crippen LogP contribution in [-0.4, -0.2) is 30.2 Å². The molecule has 39 heavy (non-hydrogen) atoms. The third-order valence-electron chi connectivity index (χ3n) is 7.23. The van der Waals surface area contributed by atoms with Gasteiger partial charge >= 0.3 is 5.97 Å². The van der Waals surface area contributed by atoms with Crippen molar-refractivity contribution in [2.75, 3.05) is 13.2 Å². The minimum atomic E-state index is -0.910. The molecule has 0 aliphatic carbocycles. The Balaban J connectivity index is 1.45. The maximum absolute atomic E-state index is 13.9. The van der Waals surface area contributed by atoms with Gasteiger partial charge in [0.05, 0.1) is 5.54 Å². The Hall–Kier alpha value is -3.87. The molecule has 0 spiro atoms. The molecule has 1 heterocycles. The van der Waals surface area contributed by atoms with Gasteiger partial charge in [0.15, 0.2) is 0 Å². The average Bonchev–Trinajstić information content (AvgIpc) is 2.95. The second kappa shape index (κ2) is 11.9. The van der Waals surface area contributed by atoms with E-state index >= 15 is 0 Å². The summed E-state index contributed by atoms with van der Waals surface area (Å²) in [6.45, 7) is 1.31. The van der Waals surface area contributed by atoms with Gasteiger partial charge in [-0.25, -0.2) is 0 Å². The number of amides is 1. The third kappa shape index (κ3) is 6.41. The van der Waals surface area contributed by atoms with Crippen LogP contribution < -0.4 is 10.1 Å². The molecule has 0 aromatic heterocycles. The van der Waals surface area contributed by atoms with Crippen LogP contribution in [0.15, 0.2) is 84.9 Å². The van der Waals surface area contributed by atoms with E-state index in [9.17, 15) is 14.7 Å². The molecule has 0 bridgehead atoms. The standard InChI is InChI=1S/C32H30ClNO5/c33-27-6-3-7-28(20-27)39-21-22-8-9-24(11-13-30(35)36)29(18-22)31(37)34-32(14-16-38-17-15-32)26-12-10-23-4-1-2-5-25(23)19-26/h1-10,12,18-20H,11,13-17,21H2,(H,34,37)(H,35,36). The van der Waals surface area contributed by atoms with Crippen LogP contribution in [-0.2, 0) is 28.1 Å². The fraction of sp³-hybridized carbons (Fsp3) is 0.250. The number of aryl methyl sites for hydroxylation is 1. The van der Waals surface area contributed by atoms with E-state index in [0.717, 1.165) is 21.9 Å². The van der Waals surface area contributed by atoms with Crippen molar-refractivity contribution >= 4 is 34.2 Å². The first-order chi connectivity index (χ1) is 18.9. The van der Waals surface area contributed by atoms with Crippen molar-refractivity contribution < 1.29 is 24.2 Å². The average molecular weight is 544 g/mol. The van der Waals surface area contributed by atoms with Gasteiger partial charge in [0.2, 0.25) is 0 Å². The monoisotopic (exact) mass is 543 g/mol. The first-order valence-electron chi connectivity index (χ1n) is 13.0. The highest BCUT2D eigenvalue weighted by atomic mass is 35.5. The molecule has 1 saturated heterocycles. The molecule has 1 aliphatic heterocycles. The van der Waals surface area contributed by atoms with Crippen molar-refractivity contribution in [2.24, 2.45) is 0 Å². The summed E-state index contributed by atoms with van der Waals surface area (Å²) in [6, 6.07) is 27.1. The van der Waals surface area contributed by atoms with E-state index in [-0.39, 0.29) is 25.4 Å². The van der Waals surface area contributed by atoms with Crippen molar-refractivity contribution in [3.05, 3.63) is 112 Å². The molecule has 1 amide bonds. The number of carboxylic acid groups (broad SMARTS) is 1. The smallest absolute Gasteiger partial charge is 0.303 e. The van der Waals surface area contributed by atoms with E-state index in [1.807, 2.05) is 36.4 Å². The fourth-order valence-corrected chi connectivity index (χ4v) is 5.27. The number of hydrogen-bond donors (Lipinski definition) is 2. The van der Waals surface area contributed by atoms with Gasteiger partial charge in [-0.15, -0.1) is 0 Å². The number of fused-ring (bicyclic) bond motifs is 1. The molecule has 1 aliphatic rings. The maximum Gasteiger partial charge on any atom is 0.303 e. The lowest BCUT2D eigenvalue weighted by atomic mass is 9.81. The molecule has 7 heteroatoms. The van der Waals surface area contributed by atoms with Crippen LogP contribution in [0.4, 0.5) is 0 Å². The predicted molar refractivity (Wildman–Crippen MR) is 151 cm³/mol. The summed E-state index contributed by atoms with van der Waals surface area (Å²) in [4.78, 5) is 25.3. The molecule has 0 unspecified atom stereocenters. The molecule has 0 radical (unpaired) electrons. The van der Waals surface area contributed by atoms with Gasteiger partial charge in [0, 0.05) is 30.2 Å². The van der Waals surface area contributed by atoms with Gasteiger partial charge in [0.25, 0.3) is 5.91 Å². The SMILES string of the molecule is O=C(O)CCc1ccc(COc2cccc(Cl)c2)cc1C(=O)NC1(c2ccc3ccccc3c2)CCOCC1. The lowest BCUT2D eigenvalue weighted by Gasteiger charge is -2.39. The van der Waals surface area contributed by atoms with Gasteiger partial charge in [-0.2, -0.15) is 0 Å². The van der Waals surface area contributed by atoms with E-state index in [0.29, 0.717) is 48.0 Å². The zero-order chi connectivity index (χ0) is 27.2. The van der Waals surface area contributed by atoms with Crippen LogP contribution in [0, 0.1) is 0 Å². The summed E-state index contributed by atoms with van der Waals surface area (Å²) in [5.41, 5.74) is 2.37. The van der Waals surface area contributed by atoms with Crippen LogP contribution in [0.3, 0.4) is 0 Å².